The second kappa shape index (κ2) is 14.0. The molecule has 5 fully saturated rings. The molecule has 0 aromatic heterocycles. The van der Waals surface area contributed by atoms with Crippen LogP contribution in [0.2, 0.25) is 0 Å². The van der Waals surface area contributed by atoms with Crippen LogP contribution in [0.15, 0.2) is 0 Å². The van der Waals surface area contributed by atoms with E-state index in [-0.39, 0.29) is 31.6 Å². The molecule has 0 aromatic carbocycles. The second-order valence-electron chi connectivity index (χ2n) is 12.6. The van der Waals surface area contributed by atoms with Crippen LogP contribution in [0, 0.1) is 11.8 Å². The fourth-order valence-corrected chi connectivity index (χ4v) is 7.22. The molecule has 19 atom stereocenters. The molecule has 0 bridgehead atoms. The number of fused-ring (bicyclic) bond motifs is 1. The molecule has 0 radical (unpaired) electrons. The number of aliphatic hydroxyl groups excluding tert-OH is 11. The normalized spacial score (nSPS) is 54.6. The minimum absolute atomic E-state index is 0.135. The predicted octanol–water partition coefficient (Wildman–Crippen LogP) is -5.19. The lowest BCUT2D eigenvalue weighted by Gasteiger charge is -2.51. The van der Waals surface area contributed by atoms with Crippen molar-refractivity contribution in [3.05, 3.63) is 0 Å². The van der Waals surface area contributed by atoms with Crippen molar-refractivity contribution in [2.24, 2.45) is 11.8 Å². The monoisotopic (exact) mass is 626 g/mol. The van der Waals surface area contributed by atoms with Gasteiger partial charge in [0.15, 0.2) is 12.6 Å². The van der Waals surface area contributed by atoms with E-state index < -0.39 is 123 Å². The summed E-state index contributed by atoms with van der Waals surface area (Å²) in [6.45, 7) is -1.43. The largest absolute Gasteiger partial charge is 0.394 e. The molecule has 0 spiro atoms. The van der Waals surface area contributed by atoms with E-state index in [0.717, 1.165) is 0 Å². The fourth-order valence-electron chi connectivity index (χ4n) is 7.22. The van der Waals surface area contributed by atoms with Crippen molar-refractivity contribution in [1.82, 2.24) is 0 Å². The summed E-state index contributed by atoms with van der Waals surface area (Å²) in [6, 6.07) is 0. The van der Waals surface area contributed by atoms with Crippen LogP contribution < -0.4 is 0 Å². The Bertz CT molecular complexity index is 897. The standard InChI is InChI=1S/C27H46O16/c28-7-17-19(34)21(36)23(38)26(41-17)43-25-22(37)20(35)18(8-29)42-27(25)40-16-6-11-13(32)4-10(30)5-15(11)39-24(16)9-1-2-12(31)14(33)3-9/h9-38H,1-8H2/t9?,10?,11?,12?,13?,14?,15?,16?,17-,18-,19-,20-,21+,22+,23-,24?,25-,26+,27-/m1/s1. The molecular weight excluding hydrogens is 580 g/mol. The van der Waals surface area contributed by atoms with Gasteiger partial charge in [0.1, 0.15) is 48.8 Å². The molecule has 11 N–H and O–H groups in total. The number of ether oxygens (including phenoxy) is 5. The van der Waals surface area contributed by atoms with E-state index in [0.29, 0.717) is 12.8 Å². The van der Waals surface area contributed by atoms with Crippen molar-refractivity contribution in [1.29, 1.82) is 0 Å². The molecule has 250 valence electrons. The molecule has 2 saturated carbocycles. The lowest BCUT2D eigenvalue weighted by atomic mass is 9.72. The zero-order valence-corrected chi connectivity index (χ0v) is 23.6. The predicted molar refractivity (Wildman–Crippen MR) is 139 cm³/mol. The molecule has 2 aliphatic carbocycles. The van der Waals surface area contributed by atoms with Gasteiger partial charge >= 0.3 is 0 Å². The smallest absolute Gasteiger partial charge is 0.187 e. The van der Waals surface area contributed by atoms with Gasteiger partial charge < -0.3 is 79.9 Å². The average molecular weight is 627 g/mol. The number of hydrogen-bond donors (Lipinski definition) is 11. The van der Waals surface area contributed by atoms with Crippen molar-refractivity contribution in [3.63, 3.8) is 0 Å². The lowest BCUT2D eigenvalue weighted by molar-refractivity contribution is -0.379. The maximum absolute atomic E-state index is 11.0. The third kappa shape index (κ3) is 6.90. The molecule has 3 aliphatic heterocycles. The minimum atomic E-state index is -1.83. The lowest BCUT2D eigenvalue weighted by Crippen LogP contribution is -2.65. The van der Waals surface area contributed by atoms with E-state index >= 15 is 0 Å². The van der Waals surface area contributed by atoms with Crippen LogP contribution in [-0.4, -0.2) is 174 Å². The van der Waals surface area contributed by atoms with Gasteiger partial charge in [0.05, 0.1) is 55.9 Å². The van der Waals surface area contributed by atoms with Crippen molar-refractivity contribution in [3.8, 4) is 0 Å². The highest BCUT2D eigenvalue weighted by atomic mass is 16.8. The number of aliphatic hydroxyl groups is 11. The maximum atomic E-state index is 11.0. The Hall–Kier alpha value is -0.640. The molecule has 9 unspecified atom stereocenters. The molecule has 43 heavy (non-hydrogen) atoms. The number of hydrogen-bond acceptors (Lipinski definition) is 16. The molecule has 3 heterocycles. The molecule has 0 aromatic rings. The van der Waals surface area contributed by atoms with E-state index in [1.807, 2.05) is 0 Å². The van der Waals surface area contributed by atoms with Crippen molar-refractivity contribution in [2.75, 3.05) is 13.2 Å². The van der Waals surface area contributed by atoms with Gasteiger partial charge in [-0.2, -0.15) is 0 Å². The fraction of sp³-hybridized carbons (Fsp3) is 1.00. The zero-order valence-electron chi connectivity index (χ0n) is 23.6. The molecule has 5 rings (SSSR count). The molecule has 0 amide bonds. The van der Waals surface area contributed by atoms with Crippen molar-refractivity contribution in [2.45, 2.75) is 143 Å². The van der Waals surface area contributed by atoms with Gasteiger partial charge in [-0.3, -0.25) is 0 Å². The molecule has 5 aliphatic rings. The Labute approximate surface area is 248 Å². The highest BCUT2D eigenvalue weighted by Crippen LogP contribution is 2.43. The Morgan fingerprint density at radius 3 is 1.86 bits per heavy atom. The third-order valence-electron chi connectivity index (χ3n) is 9.75. The Morgan fingerprint density at radius 1 is 0.558 bits per heavy atom. The Balaban J connectivity index is 1.40. The Kier molecular flexibility index (Phi) is 11.0. The van der Waals surface area contributed by atoms with E-state index in [1.54, 1.807) is 0 Å². The summed E-state index contributed by atoms with van der Waals surface area (Å²) in [5, 5.41) is 113. The summed E-state index contributed by atoms with van der Waals surface area (Å²) in [4.78, 5) is 0. The summed E-state index contributed by atoms with van der Waals surface area (Å²) in [7, 11) is 0. The minimum Gasteiger partial charge on any atom is -0.394 e. The van der Waals surface area contributed by atoms with Crippen molar-refractivity contribution < 1.29 is 79.9 Å². The molecule has 3 saturated heterocycles. The Morgan fingerprint density at radius 2 is 1.21 bits per heavy atom. The van der Waals surface area contributed by atoms with Gasteiger partial charge in [-0.05, 0) is 44.4 Å². The van der Waals surface area contributed by atoms with E-state index in [9.17, 15) is 56.2 Å². The first-order valence-electron chi connectivity index (χ1n) is 15.0. The zero-order chi connectivity index (χ0) is 31.2. The van der Waals surface area contributed by atoms with Crippen LogP contribution in [0.5, 0.6) is 0 Å². The van der Waals surface area contributed by atoms with Crippen LogP contribution in [-0.2, 0) is 23.7 Å². The molecule has 16 heteroatoms. The second-order valence-corrected chi connectivity index (χ2v) is 12.6. The van der Waals surface area contributed by atoms with Crippen LogP contribution >= 0.6 is 0 Å². The van der Waals surface area contributed by atoms with E-state index in [1.165, 1.54) is 0 Å². The first-order chi connectivity index (χ1) is 20.4. The first-order valence-corrected chi connectivity index (χ1v) is 15.0. The van der Waals surface area contributed by atoms with Crippen molar-refractivity contribution >= 4 is 0 Å². The average Bonchev–Trinajstić information content (AvgIpc) is 2.98. The quantitative estimate of drug-likeness (QED) is 0.126. The van der Waals surface area contributed by atoms with Gasteiger partial charge in [-0.1, -0.05) is 0 Å². The topological polar surface area (TPSA) is 269 Å². The number of rotatable bonds is 7. The summed E-state index contributed by atoms with van der Waals surface area (Å²) in [5.41, 5.74) is 0. The van der Waals surface area contributed by atoms with Gasteiger partial charge in [0, 0.05) is 5.92 Å². The van der Waals surface area contributed by atoms with Crippen LogP contribution in [0.1, 0.15) is 38.5 Å². The molecular formula is C27H46O16. The van der Waals surface area contributed by atoms with Gasteiger partial charge in [-0.15, -0.1) is 0 Å². The van der Waals surface area contributed by atoms with E-state index in [4.69, 9.17) is 23.7 Å². The highest BCUT2D eigenvalue weighted by Gasteiger charge is 2.54. The van der Waals surface area contributed by atoms with Crippen LogP contribution in [0.4, 0.5) is 0 Å². The summed E-state index contributed by atoms with van der Waals surface area (Å²) in [6.07, 6.45) is -20.2. The van der Waals surface area contributed by atoms with E-state index in [2.05, 4.69) is 0 Å². The van der Waals surface area contributed by atoms with Gasteiger partial charge in [-0.25, -0.2) is 0 Å². The maximum Gasteiger partial charge on any atom is 0.187 e. The SMILES string of the molecule is OC[C@H]1O[C@@H](O[C@H]2[C@H](OC3CC4C(O)CC(O)CC4OC3C3CCC(O)C(O)C3)O[C@H](CO)[C@@H](O)[C@@H]2O)[C@H](O)[C@@H](O)[C@@H]1O. The van der Waals surface area contributed by atoms with Gasteiger partial charge in [0.25, 0.3) is 0 Å². The summed E-state index contributed by atoms with van der Waals surface area (Å²) >= 11 is 0. The van der Waals surface area contributed by atoms with Crippen LogP contribution in [0.25, 0.3) is 0 Å². The summed E-state index contributed by atoms with van der Waals surface area (Å²) in [5.74, 6) is -0.751. The van der Waals surface area contributed by atoms with Gasteiger partial charge in [0.2, 0.25) is 0 Å². The van der Waals surface area contributed by atoms with Crippen LogP contribution in [0.3, 0.4) is 0 Å². The third-order valence-corrected chi connectivity index (χ3v) is 9.75. The summed E-state index contributed by atoms with van der Waals surface area (Å²) < 4.78 is 29.8. The first kappa shape index (κ1) is 33.7. The highest BCUT2D eigenvalue weighted by molar-refractivity contribution is 4.99. The molecule has 16 nitrogen and oxygen atoms in total.